The number of nitrogens with one attached hydrogen (secondary N) is 3. The van der Waals surface area contributed by atoms with Crippen LogP contribution in [0.4, 0.5) is 0 Å². The molecule has 0 aliphatic heterocycles. The third-order valence-corrected chi connectivity index (χ3v) is 2.25. The zero-order valence-corrected chi connectivity index (χ0v) is 10.3. The second-order valence-electron chi connectivity index (χ2n) is 3.63. The first-order valence-electron chi connectivity index (χ1n) is 5.54. The van der Waals surface area contributed by atoms with Gasteiger partial charge >= 0.3 is 11.7 Å². The number of H-pyrrole nitrogens is 2. The number of ether oxygens (including phenoxy) is 1. The Kier molecular flexibility index (Phi) is 5.45. The predicted molar refractivity (Wildman–Crippen MR) is 63.4 cm³/mol. The highest BCUT2D eigenvalue weighted by molar-refractivity contribution is 5.77. The van der Waals surface area contributed by atoms with Crippen LogP contribution in [-0.4, -0.2) is 40.7 Å². The van der Waals surface area contributed by atoms with Gasteiger partial charge in [0.05, 0.1) is 13.5 Å². The van der Waals surface area contributed by atoms with Crippen molar-refractivity contribution in [3.05, 3.63) is 26.5 Å². The molecule has 0 atom stereocenters. The van der Waals surface area contributed by atoms with E-state index in [0.717, 1.165) is 0 Å². The lowest BCUT2D eigenvalue weighted by atomic mass is 10.2. The van der Waals surface area contributed by atoms with Crippen LogP contribution < -0.4 is 16.6 Å². The number of rotatable bonds is 6. The number of carbonyl (C=O) groups is 2. The number of amides is 1. The second kappa shape index (κ2) is 7.09. The van der Waals surface area contributed by atoms with E-state index in [4.69, 9.17) is 0 Å². The van der Waals surface area contributed by atoms with Crippen molar-refractivity contribution in [2.24, 2.45) is 0 Å². The molecule has 1 aromatic heterocycles. The molecule has 0 radical (unpaired) electrons. The number of aromatic nitrogens is 3. The molecule has 0 aliphatic rings. The molecule has 0 aromatic carbocycles. The Balaban J connectivity index is 2.36. The lowest BCUT2D eigenvalue weighted by Crippen LogP contribution is -2.30. The maximum Gasteiger partial charge on any atom is 0.342 e. The molecule has 3 N–H and O–H groups in total. The van der Waals surface area contributed by atoms with Crippen molar-refractivity contribution in [3.8, 4) is 0 Å². The fourth-order valence-electron chi connectivity index (χ4n) is 1.27. The molecule has 0 bridgehead atoms. The highest BCUT2D eigenvalue weighted by Gasteiger charge is 2.07. The molecule has 0 saturated heterocycles. The van der Waals surface area contributed by atoms with Crippen LogP contribution in [0, 0.1) is 0 Å². The Morgan fingerprint density at radius 3 is 2.68 bits per heavy atom. The molecule has 9 heteroatoms. The van der Waals surface area contributed by atoms with Gasteiger partial charge in [-0.15, -0.1) is 0 Å². The minimum atomic E-state index is -0.698. The van der Waals surface area contributed by atoms with Gasteiger partial charge in [-0.05, 0) is 0 Å². The van der Waals surface area contributed by atoms with E-state index in [0.29, 0.717) is 0 Å². The predicted octanol–water partition coefficient (Wildman–Crippen LogP) is -1.93. The summed E-state index contributed by atoms with van der Waals surface area (Å²) in [5.74, 6) is -0.740. The Morgan fingerprint density at radius 1 is 1.32 bits per heavy atom. The summed E-state index contributed by atoms with van der Waals surface area (Å²) >= 11 is 0. The van der Waals surface area contributed by atoms with Crippen LogP contribution >= 0.6 is 0 Å². The number of aromatic amines is 2. The van der Waals surface area contributed by atoms with E-state index in [1.165, 1.54) is 7.11 Å². The molecule has 0 aliphatic carbocycles. The molecule has 1 amide bonds. The first-order valence-corrected chi connectivity index (χ1v) is 5.54. The van der Waals surface area contributed by atoms with Crippen molar-refractivity contribution < 1.29 is 14.3 Å². The number of esters is 1. The minimum Gasteiger partial charge on any atom is -0.469 e. The molecule has 104 valence electrons. The maximum atomic E-state index is 11.4. The van der Waals surface area contributed by atoms with Crippen LogP contribution in [0.25, 0.3) is 0 Å². The highest BCUT2D eigenvalue weighted by atomic mass is 16.5. The number of hydrogen-bond acceptors (Lipinski definition) is 6. The van der Waals surface area contributed by atoms with E-state index in [1.807, 2.05) is 4.98 Å². The van der Waals surface area contributed by atoms with Crippen molar-refractivity contribution in [2.45, 2.75) is 19.3 Å². The van der Waals surface area contributed by atoms with Gasteiger partial charge in [0, 0.05) is 19.4 Å². The number of carbonyl (C=O) groups excluding carboxylic acids is 2. The molecular formula is C10H14N4O5. The van der Waals surface area contributed by atoms with Crippen LogP contribution in [0.5, 0.6) is 0 Å². The fraction of sp³-hybridized carbons (Fsp3) is 0.500. The largest absolute Gasteiger partial charge is 0.469 e. The van der Waals surface area contributed by atoms with Crippen molar-refractivity contribution in [1.29, 1.82) is 0 Å². The van der Waals surface area contributed by atoms with Crippen molar-refractivity contribution >= 4 is 11.9 Å². The maximum absolute atomic E-state index is 11.4. The van der Waals surface area contributed by atoms with Gasteiger partial charge < -0.3 is 10.1 Å². The molecule has 0 unspecified atom stereocenters. The molecule has 1 aromatic rings. The molecule has 0 fully saturated rings. The van der Waals surface area contributed by atoms with Crippen molar-refractivity contribution in [2.75, 3.05) is 13.7 Å². The summed E-state index contributed by atoms with van der Waals surface area (Å²) in [6, 6.07) is 0. The van der Waals surface area contributed by atoms with E-state index >= 15 is 0 Å². The van der Waals surface area contributed by atoms with Crippen LogP contribution in [0.2, 0.25) is 0 Å². The molecule has 0 saturated carbocycles. The quantitative estimate of drug-likeness (QED) is 0.515. The number of methoxy groups -OCH3 is 1. The Bertz CT molecular complexity index is 562. The van der Waals surface area contributed by atoms with E-state index in [2.05, 4.69) is 20.3 Å². The average Bonchev–Trinajstić information content (AvgIpc) is 2.37. The molecular weight excluding hydrogens is 256 g/mol. The lowest BCUT2D eigenvalue weighted by molar-refractivity contribution is -0.140. The summed E-state index contributed by atoms with van der Waals surface area (Å²) in [6.45, 7) is 0.168. The van der Waals surface area contributed by atoms with E-state index in [9.17, 15) is 19.2 Å². The zero-order valence-electron chi connectivity index (χ0n) is 10.3. The first-order chi connectivity index (χ1) is 9.02. The summed E-state index contributed by atoms with van der Waals surface area (Å²) in [5.41, 5.74) is -1.25. The molecule has 9 nitrogen and oxygen atoms in total. The van der Waals surface area contributed by atoms with Crippen LogP contribution in [0.1, 0.15) is 18.5 Å². The number of aryl methyl sites for hydroxylation is 1. The average molecular weight is 270 g/mol. The van der Waals surface area contributed by atoms with Crippen LogP contribution in [-0.2, 0) is 20.7 Å². The van der Waals surface area contributed by atoms with Crippen molar-refractivity contribution in [3.63, 3.8) is 0 Å². The second-order valence-corrected chi connectivity index (χ2v) is 3.63. The molecule has 1 rings (SSSR count). The van der Waals surface area contributed by atoms with Crippen LogP contribution in [0.15, 0.2) is 9.59 Å². The lowest BCUT2D eigenvalue weighted by Gasteiger charge is -2.03. The number of nitrogens with zero attached hydrogens (tertiary/aromatic N) is 1. The normalized spacial score (nSPS) is 9.95. The topological polar surface area (TPSA) is 134 Å². The van der Waals surface area contributed by atoms with E-state index < -0.39 is 17.2 Å². The third kappa shape index (κ3) is 5.15. The van der Waals surface area contributed by atoms with E-state index in [-0.39, 0.29) is 37.4 Å². The summed E-state index contributed by atoms with van der Waals surface area (Å²) in [7, 11) is 1.26. The Morgan fingerprint density at radius 2 is 2.05 bits per heavy atom. The SMILES string of the molecule is COC(=O)CCNC(=O)CCc1n[nH]c(=O)[nH]c1=O. The Hall–Kier alpha value is -2.45. The third-order valence-electron chi connectivity index (χ3n) is 2.25. The van der Waals surface area contributed by atoms with Gasteiger partial charge in [0.15, 0.2) is 0 Å². The van der Waals surface area contributed by atoms with Gasteiger partial charge in [-0.1, -0.05) is 0 Å². The monoisotopic (exact) mass is 270 g/mol. The van der Waals surface area contributed by atoms with Crippen LogP contribution in [0.3, 0.4) is 0 Å². The molecule has 0 spiro atoms. The highest BCUT2D eigenvalue weighted by Crippen LogP contribution is 1.90. The minimum absolute atomic E-state index is 0.0310. The van der Waals surface area contributed by atoms with Gasteiger partial charge in [-0.2, -0.15) is 5.10 Å². The standard InChI is InChI=1S/C10H14N4O5/c1-19-8(16)4-5-11-7(15)3-2-6-9(17)12-10(18)14-13-6/h2-5H2,1H3,(H,11,15)(H2,12,14,17,18). The molecule has 19 heavy (non-hydrogen) atoms. The van der Waals surface area contributed by atoms with Gasteiger partial charge in [0.2, 0.25) is 5.91 Å². The Labute approximate surface area is 107 Å². The summed E-state index contributed by atoms with van der Waals surface area (Å²) in [6.07, 6.45) is 0.208. The fourth-order valence-corrected chi connectivity index (χ4v) is 1.27. The zero-order chi connectivity index (χ0) is 14.3. The van der Waals surface area contributed by atoms with Gasteiger partial charge in [0.25, 0.3) is 5.56 Å². The summed E-state index contributed by atoms with van der Waals surface area (Å²) in [5, 5.41) is 8.11. The number of hydrogen-bond donors (Lipinski definition) is 3. The van der Waals surface area contributed by atoms with Gasteiger partial charge in [0.1, 0.15) is 5.69 Å². The summed E-state index contributed by atoms with van der Waals surface area (Å²) < 4.78 is 4.41. The van der Waals surface area contributed by atoms with Gasteiger partial charge in [-0.3, -0.25) is 19.4 Å². The first kappa shape index (κ1) is 14.6. The van der Waals surface area contributed by atoms with Gasteiger partial charge in [-0.25, -0.2) is 9.89 Å². The van der Waals surface area contributed by atoms with Crippen molar-refractivity contribution in [1.82, 2.24) is 20.5 Å². The smallest absolute Gasteiger partial charge is 0.342 e. The van der Waals surface area contributed by atoms with E-state index in [1.54, 1.807) is 0 Å². The summed E-state index contributed by atoms with van der Waals surface area (Å²) in [4.78, 5) is 46.2. The molecule has 1 heterocycles.